The van der Waals surface area contributed by atoms with Gasteiger partial charge in [-0.2, -0.15) is 0 Å². The molecule has 148 valence electrons. The molecule has 28 heavy (non-hydrogen) atoms. The molecule has 3 rings (SSSR count). The lowest BCUT2D eigenvalue weighted by atomic mass is 9.98. The summed E-state index contributed by atoms with van der Waals surface area (Å²) < 4.78 is 5.44. The molecule has 6 heteroatoms. The largest absolute Gasteiger partial charge is 0.480 e. The molecule has 0 saturated heterocycles. The maximum atomic E-state index is 12.3. The summed E-state index contributed by atoms with van der Waals surface area (Å²) in [6, 6.07) is 15.2. The average Bonchev–Trinajstić information content (AvgIpc) is 3.03. The first-order chi connectivity index (χ1) is 13.5. The van der Waals surface area contributed by atoms with E-state index in [-0.39, 0.29) is 19.1 Å². The van der Waals surface area contributed by atoms with Crippen LogP contribution in [0.1, 0.15) is 30.9 Å². The predicted molar refractivity (Wildman–Crippen MR) is 107 cm³/mol. The van der Waals surface area contributed by atoms with Crippen LogP contribution in [0.5, 0.6) is 0 Å². The van der Waals surface area contributed by atoms with Gasteiger partial charge in [-0.1, -0.05) is 62.4 Å². The summed E-state index contributed by atoms with van der Waals surface area (Å²) in [6.07, 6.45) is -0.707. The fourth-order valence-corrected chi connectivity index (χ4v) is 3.71. The van der Waals surface area contributed by atoms with Crippen LogP contribution in [0.3, 0.4) is 0 Å². The molecular formula is C22H26N2O4. The van der Waals surface area contributed by atoms with Gasteiger partial charge in [0.05, 0.1) is 0 Å². The Morgan fingerprint density at radius 2 is 1.57 bits per heavy atom. The van der Waals surface area contributed by atoms with Crippen LogP contribution < -0.4 is 5.32 Å². The number of aliphatic carboxylic acids is 1. The molecule has 0 saturated carbocycles. The van der Waals surface area contributed by atoms with Gasteiger partial charge in [-0.3, -0.25) is 0 Å². The number of fused-ring (bicyclic) bond motifs is 3. The Kier molecular flexibility index (Phi) is 6.31. The van der Waals surface area contributed by atoms with Crippen molar-refractivity contribution >= 4 is 12.1 Å². The quantitative estimate of drug-likeness (QED) is 0.732. The fraction of sp³-hybridized carbons (Fsp3) is 0.364. The first kappa shape index (κ1) is 19.9. The molecule has 0 fully saturated rings. The van der Waals surface area contributed by atoms with E-state index in [4.69, 9.17) is 4.74 Å². The molecule has 0 aliphatic heterocycles. The second kappa shape index (κ2) is 8.89. The highest BCUT2D eigenvalue weighted by molar-refractivity contribution is 5.81. The van der Waals surface area contributed by atoms with Gasteiger partial charge in [0.15, 0.2) is 0 Å². The number of carbonyl (C=O) groups excluding carboxylic acids is 1. The summed E-state index contributed by atoms with van der Waals surface area (Å²) in [5.74, 6) is -1.12. The molecule has 6 nitrogen and oxygen atoms in total. The third kappa shape index (κ3) is 4.17. The van der Waals surface area contributed by atoms with Crippen molar-refractivity contribution < 1.29 is 19.4 Å². The van der Waals surface area contributed by atoms with E-state index >= 15 is 0 Å². The van der Waals surface area contributed by atoms with Crippen molar-refractivity contribution in [1.29, 1.82) is 0 Å². The van der Waals surface area contributed by atoms with Gasteiger partial charge >= 0.3 is 12.1 Å². The topological polar surface area (TPSA) is 78.9 Å². The van der Waals surface area contributed by atoms with Crippen molar-refractivity contribution in [1.82, 2.24) is 10.2 Å². The number of hydrogen-bond acceptors (Lipinski definition) is 4. The van der Waals surface area contributed by atoms with Crippen molar-refractivity contribution in [2.45, 2.75) is 25.8 Å². The van der Waals surface area contributed by atoms with Gasteiger partial charge in [0, 0.05) is 12.5 Å². The van der Waals surface area contributed by atoms with Gasteiger partial charge in [-0.15, -0.1) is 0 Å². The van der Waals surface area contributed by atoms with Crippen molar-refractivity contribution in [3.05, 3.63) is 59.7 Å². The van der Waals surface area contributed by atoms with Gasteiger partial charge in [0.25, 0.3) is 0 Å². The first-order valence-electron chi connectivity index (χ1n) is 9.61. The van der Waals surface area contributed by atoms with Gasteiger partial charge in [-0.05, 0) is 35.3 Å². The number of ether oxygens (including phenoxy) is 1. The molecule has 0 unspecified atom stereocenters. The first-order valence-corrected chi connectivity index (χ1v) is 9.61. The SMILES string of the molecule is CCN(CC)C[C@H](NC(=O)OCC1c2ccccc2-c2ccccc21)C(=O)O. The van der Waals surface area contributed by atoms with Crippen LogP contribution in [-0.2, 0) is 9.53 Å². The van der Waals surface area contributed by atoms with E-state index in [2.05, 4.69) is 17.4 Å². The Balaban J connectivity index is 1.67. The third-order valence-corrected chi connectivity index (χ3v) is 5.27. The normalized spacial score (nSPS) is 13.7. The summed E-state index contributed by atoms with van der Waals surface area (Å²) >= 11 is 0. The van der Waals surface area contributed by atoms with Crippen LogP contribution in [0.25, 0.3) is 11.1 Å². The number of hydrogen-bond donors (Lipinski definition) is 2. The number of likely N-dealkylation sites (N-methyl/N-ethyl adjacent to an activating group) is 1. The van der Waals surface area contributed by atoms with E-state index in [1.54, 1.807) is 0 Å². The fourth-order valence-electron chi connectivity index (χ4n) is 3.71. The maximum Gasteiger partial charge on any atom is 0.407 e. The molecule has 1 aliphatic carbocycles. The molecule has 0 radical (unpaired) electrons. The number of alkyl carbamates (subject to hydrolysis) is 1. The van der Waals surface area contributed by atoms with Crippen LogP contribution >= 0.6 is 0 Å². The van der Waals surface area contributed by atoms with E-state index < -0.39 is 18.1 Å². The number of rotatable bonds is 8. The number of carboxylic acids is 1. The number of nitrogens with one attached hydrogen (secondary N) is 1. The molecule has 0 bridgehead atoms. The van der Waals surface area contributed by atoms with E-state index in [0.29, 0.717) is 13.1 Å². The highest BCUT2D eigenvalue weighted by Gasteiger charge is 2.30. The van der Waals surface area contributed by atoms with Crippen molar-refractivity contribution in [3.8, 4) is 11.1 Å². The van der Waals surface area contributed by atoms with Gasteiger partial charge in [0.2, 0.25) is 0 Å². The summed E-state index contributed by atoms with van der Waals surface area (Å²) in [5, 5.41) is 11.9. The second-order valence-electron chi connectivity index (χ2n) is 6.85. The van der Waals surface area contributed by atoms with Crippen LogP contribution in [0.15, 0.2) is 48.5 Å². The predicted octanol–water partition coefficient (Wildman–Crippen LogP) is 3.32. The van der Waals surface area contributed by atoms with Crippen LogP contribution in [-0.4, -0.2) is 54.4 Å². The zero-order valence-electron chi connectivity index (χ0n) is 16.2. The Bertz CT molecular complexity index is 802. The molecule has 1 amide bonds. The molecule has 0 aromatic heterocycles. The molecule has 1 aliphatic rings. The summed E-state index contributed by atoms with van der Waals surface area (Å²) in [6.45, 7) is 5.74. The zero-order chi connectivity index (χ0) is 20.1. The maximum absolute atomic E-state index is 12.3. The minimum absolute atomic E-state index is 0.0517. The van der Waals surface area contributed by atoms with E-state index in [0.717, 1.165) is 22.3 Å². The molecule has 0 spiro atoms. The van der Waals surface area contributed by atoms with Crippen molar-refractivity contribution in [2.24, 2.45) is 0 Å². The average molecular weight is 382 g/mol. The summed E-state index contributed by atoms with van der Waals surface area (Å²) in [7, 11) is 0. The lowest BCUT2D eigenvalue weighted by molar-refractivity contribution is -0.139. The van der Waals surface area contributed by atoms with E-state index in [1.807, 2.05) is 55.1 Å². The Morgan fingerprint density at radius 1 is 1.04 bits per heavy atom. The number of nitrogens with zero attached hydrogens (tertiary/aromatic N) is 1. The molecular weight excluding hydrogens is 356 g/mol. The Labute approximate surface area is 165 Å². The lowest BCUT2D eigenvalue weighted by Crippen LogP contribution is -2.48. The van der Waals surface area contributed by atoms with Crippen LogP contribution in [0.4, 0.5) is 4.79 Å². The van der Waals surface area contributed by atoms with Crippen molar-refractivity contribution in [2.75, 3.05) is 26.2 Å². The zero-order valence-corrected chi connectivity index (χ0v) is 16.2. The number of amides is 1. The Morgan fingerprint density at radius 3 is 2.07 bits per heavy atom. The smallest absolute Gasteiger partial charge is 0.407 e. The lowest BCUT2D eigenvalue weighted by Gasteiger charge is -2.23. The Hall–Kier alpha value is -2.86. The summed E-state index contributed by atoms with van der Waals surface area (Å²) in [4.78, 5) is 25.7. The van der Waals surface area contributed by atoms with Gasteiger partial charge < -0.3 is 20.1 Å². The number of benzene rings is 2. The van der Waals surface area contributed by atoms with Gasteiger partial charge in [0.1, 0.15) is 12.6 Å². The molecule has 0 heterocycles. The van der Waals surface area contributed by atoms with Crippen molar-refractivity contribution in [3.63, 3.8) is 0 Å². The van der Waals surface area contributed by atoms with Gasteiger partial charge in [-0.25, -0.2) is 9.59 Å². The monoisotopic (exact) mass is 382 g/mol. The molecule has 1 atom stereocenters. The second-order valence-corrected chi connectivity index (χ2v) is 6.85. The minimum atomic E-state index is -1.07. The highest BCUT2D eigenvalue weighted by atomic mass is 16.5. The number of carboxylic acid groups (broad SMARTS) is 1. The standard InChI is InChI=1S/C22H26N2O4/c1-3-24(4-2)13-20(21(25)26)23-22(27)28-14-19-17-11-7-5-9-15(17)16-10-6-8-12-18(16)19/h5-12,19-20H,3-4,13-14H2,1-2H3,(H,23,27)(H,25,26)/t20-/m0/s1. The molecule has 2 N–H and O–H groups in total. The summed E-state index contributed by atoms with van der Waals surface area (Å²) in [5.41, 5.74) is 4.54. The molecule has 2 aromatic rings. The number of carbonyl (C=O) groups is 2. The van der Waals surface area contributed by atoms with E-state index in [9.17, 15) is 14.7 Å². The van der Waals surface area contributed by atoms with Crippen LogP contribution in [0.2, 0.25) is 0 Å². The highest BCUT2D eigenvalue weighted by Crippen LogP contribution is 2.44. The van der Waals surface area contributed by atoms with Crippen LogP contribution in [0, 0.1) is 0 Å². The molecule has 2 aromatic carbocycles. The minimum Gasteiger partial charge on any atom is -0.480 e. The van der Waals surface area contributed by atoms with E-state index in [1.165, 1.54) is 0 Å². The third-order valence-electron chi connectivity index (χ3n) is 5.27.